The number of aliphatic hydroxyl groups excluding tert-OH is 1. The second-order valence-electron chi connectivity index (χ2n) is 9.31. The SMILES string of the molecule is OC1Nc2ccccc2N1C1CCN(CCCC(c2ccc(F)cc2)c2ccc(F)cc2)CC1. The predicted molar refractivity (Wildman–Crippen MR) is 132 cm³/mol. The quantitative estimate of drug-likeness (QED) is 0.482. The Hall–Kier alpha value is -2.96. The lowest BCUT2D eigenvalue weighted by atomic mass is 9.87. The van der Waals surface area contributed by atoms with Gasteiger partial charge in [-0.2, -0.15) is 0 Å². The summed E-state index contributed by atoms with van der Waals surface area (Å²) in [5.74, 6) is -0.378. The molecule has 0 amide bonds. The Morgan fingerprint density at radius 1 is 0.853 bits per heavy atom. The van der Waals surface area contributed by atoms with Crippen molar-refractivity contribution in [3.05, 3.63) is 95.6 Å². The van der Waals surface area contributed by atoms with E-state index in [1.807, 2.05) is 42.5 Å². The molecular weight excluding hydrogens is 432 g/mol. The van der Waals surface area contributed by atoms with Gasteiger partial charge in [-0.05, 0) is 79.8 Å². The van der Waals surface area contributed by atoms with Gasteiger partial charge in [-0.3, -0.25) is 0 Å². The van der Waals surface area contributed by atoms with Gasteiger partial charge in [-0.15, -0.1) is 0 Å². The number of rotatable bonds is 7. The van der Waals surface area contributed by atoms with Crippen LogP contribution in [0.25, 0.3) is 0 Å². The summed E-state index contributed by atoms with van der Waals surface area (Å²) in [5.41, 5.74) is 4.18. The Kier molecular flexibility index (Phi) is 6.79. The van der Waals surface area contributed by atoms with Crippen molar-refractivity contribution in [2.24, 2.45) is 0 Å². The highest BCUT2D eigenvalue weighted by Gasteiger charge is 2.34. The van der Waals surface area contributed by atoms with Crippen LogP contribution in [0.2, 0.25) is 0 Å². The molecule has 4 nitrogen and oxygen atoms in total. The summed E-state index contributed by atoms with van der Waals surface area (Å²) in [7, 11) is 0. The summed E-state index contributed by atoms with van der Waals surface area (Å²) in [6, 6.07) is 21.7. The number of hydrogen-bond acceptors (Lipinski definition) is 4. The summed E-state index contributed by atoms with van der Waals surface area (Å²) in [4.78, 5) is 4.61. The van der Waals surface area contributed by atoms with Crippen LogP contribution in [0.15, 0.2) is 72.8 Å². The van der Waals surface area contributed by atoms with Gasteiger partial charge in [0.15, 0.2) is 0 Å². The number of para-hydroxylation sites is 2. The molecular formula is C28H31F2N3O. The Labute approximate surface area is 199 Å². The topological polar surface area (TPSA) is 38.7 Å². The molecule has 178 valence electrons. The normalized spacial score (nSPS) is 18.8. The second kappa shape index (κ2) is 10.1. The number of aliphatic hydroxyl groups is 1. The highest BCUT2D eigenvalue weighted by molar-refractivity contribution is 5.75. The third kappa shape index (κ3) is 4.93. The molecule has 2 N–H and O–H groups in total. The van der Waals surface area contributed by atoms with Crippen LogP contribution in [0.3, 0.4) is 0 Å². The molecule has 2 heterocycles. The van der Waals surface area contributed by atoms with Crippen molar-refractivity contribution in [3.63, 3.8) is 0 Å². The molecule has 3 aromatic rings. The minimum atomic E-state index is -0.666. The average Bonchev–Trinajstić information content (AvgIpc) is 3.19. The second-order valence-corrected chi connectivity index (χ2v) is 9.31. The standard InChI is InChI=1S/C28H31F2N3O/c29-22-11-7-20(8-12-22)25(21-9-13-23(30)14-10-21)4-3-17-32-18-15-24(16-19-32)33-27-6-2-1-5-26(27)31-28(33)34/h1-2,5-14,24-25,28,31,34H,3-4,15-19H2. The number of hydrogen-bond donors (Lipinski definition) is 2. The lowest BCUT2D eigenvalue weighted by molar-refractivity contribution is 0.156. The molecule has 1 saturated heterocycles. The summed E-state index contributed by atoms with van der Waals surface area (Å²) < 4.78 is 26.9. The van der Waals surface area contributed by atoms with Gasteiger partial charge in [0, 0.05) is 25.0 Å². The van der Waals surface area contributed by atoms with Gasteiger partial charge in [0.05, 0.1) is 11.4 Å². The van der Waals surface area contributed by atoms with E-state index in [4.69, 9.17) is 0 Å². The minimum Gasteiger partial charge on any atom is -0.356 e. The van der Waals surface area contributed by atoms with Crippen molar-refractivity contribution in [2.45, 2.75) is 44.0 Å². The van der Waals surface area contributed by atoms with Gasteiger partial charge >= 0.3 is 0 Å². The van der Waals surface area contributed by atoms with Crippen molar-refractivity contribution < 1.29 is 13.9 Å². The van der Waals surface area contributed by atoms with Crippen molar-refractivity contribution in [2.75, 3.05) is 29.9 Å². The van der Waals surface area contributed by atoms with Crippen LogP contribution in [0.1, 0.15) is 42.7 Å². The maximum absolute atomic E-state index is 13.5. The highest BCUT2D eigenvalue weighted by Crippen LogP contribution is 2.37. The van der Waals surface area contributed by atoms with Crippen LogP contribution < -0.4 is 10.2 Å². The maximum Gasteiger partial charge on any atom is 0.205 e. The largest absolute Gasteiger partial charge is 0.356 e. The molecule has 0 aliphatic carbocycles. The van der Waals surface area contributed by atoms with E-state index in [0.29, 0.717) is 6.04 Å². The summed E-state index contributed by atoms with van der Waals surface area (Å²) in [6.07, 6.45) is 3.26. The molecule has 0 radical (unpaired) electrons. The van der Waals surface area contributed by atoms with E-state index in [2.05, 4.69) is 21.2 Å². The maximum atomic E-state index is 13.5. The fourth-order valence-electron chi connectivity index (χ4n) is 5.41. The number of halogens is 2. The van der Waals surface area contributed by atoms with Crippen LogP contribution >= 0.6 is 0 Å². The molecule has 0 aromatic heterocycles. The first kappa shape index (κ1) is 22.8. The summed E-state index contributed by atoms with van der Waals surface area (Å²) in [6.45, 7) is 2.98. The zero-order valence-corrected chi connectivity index (χ0v) is 19.2. The molecule has 1 atom stereocenters. The fraction of sp³-hybridized carbons (Fsp3) is 0.357. The first-order valence-electron chi connectivity index (χ1n) is 12.1. The van der Waals surface area contributed by atoms with Gasteiger partial charge in [-0.25, -0.2) is 8.78 Å². The number of fused-ring (bicyclic) bond motifs is 1. The smallest absolute Gasteiger partial charge is 0.205 e. The fourth-order valence-corrected chi connectivity index (χ4v) is 5.41. The van der Waals surface area contributed by atoms with Crippen LogP contribution in [0.5, 0.6) is 0 Å². The van der Waals surface area contributed by atoms with E-state index in [0.717, 1.165) is 67.8 Å². The van der Waals surface area contributed by atoms with Gasteiger partial charge in [0.1, 0.15) is 11.6 Å². The Balaban J connectivity index is 1.17. The van der Waals surface area contributed by atoms with E-state index in [1.54, 1.807) is 0 Å². The predicted octanol–water partition coefficient (Wildman–Crippen LogP) is 5.55. The number of piperidine rings is 1. The van der Waals surface area contributed by atoms with E-state index in [9.17, 15) is 13.9 Å². The first-order valence-corrected chi connectivity index (χ1v) is 12.1. The molecule has 0 bridgehead atoms. The Bertz CT molecular complexity index is 1040. The van der Waals surface area contributed by atoms with Crippen molar-refractivity contribution in [3.8, 4) is 0 Å². The molecule has 34 heavy (non-hydrogen) atoms. The van der Waals surface area contributed by atoms with Gasteiger partial charge < -0.3 is 20.2 Å². The lowest BCUT2D eigenvalue weighted by Gasteiger charge is -2.39. The minimum absolute atomic E-state index is 0.112. The highest BCUT2D eigenvalue weighted by atomic mass is 19.1. The molecule has 2 aliphatic rings. The van der Waals surface area contributed by atoms with Crippen LogP contribution in [-0.2, 0) is 0 Å². The van der Waals surface area contributed by atoms with E-state index >= 15 is 0 Å². The van der Waals surface area contributed by atoms with E-state index in [-0.39, 0.29) is 17.6 Å². The van der Waals surface area contributed by atoms with Crippen LogP contribution in [0.4, 0.5) is 20.2 Å². The van der Waals surface area contributed by atoms with Crippen LogP contribution in [-0.4, -0.2) is 42.0 Å². The van der Waals surface area contributed by atoms with Crippen molar-refractivity contribution >= 4 is 11.4 Å². The van der Waals surface area contributed by atoms with Gasteiger partial charge in [0.2, 0.25) is 6.35 Å². The van der Waals surface area contributed by atoms with Gasteiger partial charge in [0.25, 0.3) is 0 Å². The number of nitrogens with one attached hydrogen (secondary N) is 1. The number of nitrogens with zero attached hydrogens (tertiary/aromatic N) is 2. The molecule has 0 saturated carbocycles. The monoisotopic (exact) mass is 463 g/mol. The van der Waals surface area contributed by atoms with Gasteiger partial charge in [-0.1, -0.05) is 36.4 Å². The number of anilines is 2. The molecule has 3 aromatic carbocycles. The van der Waals surface area contributed by atoms with Crippen LogP contribution in [0, 0.1) is 11.6 Å². The molecule has 1 fully saturated rings. The summed E-state index contributed by atoms with van der Waals surface area (Å²) in [5, 5.41) is 13.7. The Morgan fingerprint density at radius 2 is 1.44 bits per heavy atom. The third-order valence-electron chi connectivity index (χ3n) is 7.19. The molecule has 0 spiro atoms. The Morgan fingerprint density at radius 3 is 2.06 bits per heavy atom. The zero-order valence-electron chi connectivity index (χ0n) is 19.2. The number of benzene rings is 3. The number of likely N-dealkylation sites (tertiary alicyclic amines) is 1. The average molecular weight is 464 g/mol. The molecule has 1 unspecified atom stereocenters. The summed E-state index contributed by atoms with van der Waals surface area (Å²) >= 11 is 0. The zero-order chi connectivity index (χ0) is 23.5. The first-order chi connectivity index (χ1) is 16.6. The van der Waals surface area contributed by atoms with E-state index in [1.165, 1.54) is 24.3 Å². The van der Waals surface area contributed by atoms with Crippen molar-refractivity contribution in [1.82, 2.24) is 4.90 Å². The molecule has 5 rings (SSSR count). The lowest BCUT2D eigenvalue weighted by Crippen LogP contribution is -2.49. The molecule has 2 aliphatic heterocycles. The third-order valence-corrected chi connectivity index (χ3v) is 7.19. The van der Waals surface area contributed by atoms with Crippen molar-refractivity contribution in [1.29, 1.82) is 0 Å². The van der Waals surface area contributed by atoms with E-state index < -0.39 is 6.35 Å². The molecule has 6 heteroatoms.